The third kappa shape index (κ3) is 4.08. The summed E-state index contributed by atoms with van der Waals surface area (Å²) in [6.07, 6.45) is 2.60. The Morgan fingerprint density at radius 1 is 1.19 bits per heavy atom. The number of anilines is 1. The minimum atomic E-state index is -4.56. The first-order valence-electron chi connectivity index (χ1n) is 9.22. The maximum absolute atomic E-state index is 13.7. The SMILES string of the molecule is CCN(c1cccc(C#N)c1C(F)(F)F)C1CCCC(c2ccncc2)C1. The van der Waals surface area contributed by atoms with Crippen molar-refractivity contribution in [2.24, 2.45) is 0 Å². The number of alkyl halides is 3. The summed E-state index contributed by atoms with van der Waals surface area (Å²) in [5.74, 6) is 0.314. The zero-order valence-electron chi connectivity index (χ0n) is 15.2. The highest BCUT2D eigenvalue weighted by molar-refractivity contribution is 5.62. The average molecular weight is 373 g/mol. The second-order valence-corrected chi connectivity index (χ2v) is 6.89. The van der Waals surface area contributed by atoms with E-state index in [1.54, 1.807) is 18.5 Å². The lowest BCUT2D eigenvalue weighted by molar-refractivity contribution is -0.137. The average Bonchev–Trinajstić information content (AvgIpc) is 2.68. The largest absolute Gasteiger partial charge is 0.419 e. The second kappa shape index (κ2) is 7.99. The van der Waals surface area contributed by atoms with Crippen LogP contribution in [-0.2, 0) is 6.18 Å². The number of hydrogen-bond acceptors (Lipinski definition) is 3. The van der Waals surface area contributed by atoms with Gasteiger partial charge in [0.05, 0.1) is 22.9 Å². The molecule has 3 rings (SSSR count). The number of benzene rings is 1. The lowest BCUT2D eigenvalue weighted by Crippen LogP contribution is -2.39. The van der Waals surface area contributed by atoms with Crippen LogP contribution in [0.5, 0.6) is 0 Å². The molecule has 0 amide bonds. The van der Waals surface area contributed by atoms with Crippen molar-refractivity contribution in [2.45, 2.75) is 50.7 Å². The normalized spacial score (nSPS) is 20.1. The Kier molecular flexibility index (Phi) is 5.69. The molecule has 0 N–H and O–H groups in total. The lowest BCUT2D eigenvalue weighted by atomic mass is 9.80. The first kappa shape index (κ1) is 19.2. The lowest BCUT2D eigenvalue weighted by Gasteiger charge is -2.39. The van der Waals surface area contributed by atoms with Crippen LogP contribution < -0.4 is 4.90 Å². The van der Waals surface area contributed by atoms with Gasteiger partial charge in [-0.05, 0) is 61.9 Å². The van der Waals surface area contributed by atoms with Gasteiger partial charge in [0.1, 0.15) is 0 Å². The summed E-state index contributed by atoms with van der Waals surface area (Å²) in [6.45, 7) is 2.33. The van der Waals surface area contributed by atoms with Gasteiger partial charge in [0.25, 0.3) is 0 Å². The number of nitrogens with zero attached hydrogens (tertiary/aromatic N) is 3. The van der Waals surface area contributed by atoms with Gasteiger partial charge in [-0.25, -0.2) is 0 Å². The zero-order chi connectivity index (χ0) is 19.4. The van der Waals surface area contributed by atoms with E-state index in [9.17, 15) is 18.4 Å². The Hall–Kier alpha value is -2.55. The summed E-state index contributed by atoms with van der Waals surface area (Å²) in [4.78, 5) is 5.88. The summed E-state index contributed by atoms with van der Waals surface area (Å²) >= 11 is 0. The summed E-state index contributed by atoms with van der Waals surface area (Å²) in [7, 11) is 0. The molecular formula is C21H22F3N3. The van der Waals surface area contributed by atoms with Crippen molar-refractivity contribution < 1.29 is 13.2 Å². The molecule has 1 aromatic carbocycles. The van der Waals surface area contributed by atoms with Crippen molar-refractivity contribution >= 4 is 5.69 Å². The Labute approximate surface area is 157 Å². The van der Waals surface area contributed by atoms with E-state index in [0.717, 1.165) is 25.7 Å². The molecule has 1 aliphatic carbocycles. The second-order valence-electron chi connectivity index (χ2n) is 6.89. The summed E-state index contributed by atoms with van der Waals surface area (Å²) in [5.41, 5.74) is 0.164. The number of halogens is 3. The molecule has 2 atom stereocenters. The third-order valence-electron chi connectivity index (χ3n) is 5.36. The summed E-state index contributed by atoms with van der Waals surface area (Å²) < 4.78 is 41.1. The predicted molar refractivity (Wildman–Crippen MR) is 98.4 cm³/mol. The molecule has 1 saturated carbocycles. The molecule has 3 nitrogen and oxygen atoms in total. The van der Waals surface area contributed by atoms with Gasteiger partial charge in [0.2, 0.25) is 0 Å². The van der Waals surface area contributed by atoms with Crippen LogP contribution >= 0.6 is 0 Å². The molecule has 2 unspecified atom stereocenters. The molecule has 0 radical (unpaired) electrons. The van der Waals surface area contributed by atoms with Crippen LogP contribution in [0.15, 0.2) is 42.7 Å². The Balaban J connectivity index is 1.95. The molecule has 142 valence electrons. The molecular weight excluding hydrogens is 351 g/mol. The fourth-order valence-corrected chi connectivity index (χ4v) is 4.18. The highest BCUT2D eigenvalue weighted by Gasteiger charge is 2.39. The van der Waals surface area contributed by atoms with Gasteiger partial charge < -0.3 is 4.90 Å². The molecule has 0 aliphatic heterocycles. The van der Waals surface area contributed by atoms with Crippen molar-refractivity contribution in [1.29, 1.82) is 5.26 Å². The molecule has 1 heterocycles. The first-order valence-corrected chi connectivity index (χ1v) is 9.22. The predicted octanol–water partition coefficient (Wildman–Crippen LogP) is 5.52. The Morgan fingerprint density at radius 3 is 2.56 bits per heavy atom. The molecule has 1 fully saturated rings. The van der Waals surface area contributed by atoms with E-state index < -0.39 is 11.7 Å². The molecule has 0 bridgehead atoms. The van der Waals surface area contributed by atoms with Crippen LogP contribution in [-0.4, -0.2) is 17.6 Å². The van der Waals surface area contributed by atoms with E-state index in [2.05, 4.69) is 4.98 Å². The number of hydrogen-bond donors (Lipinski definition) is 0. The smallest absolute Gasteiger partial charge is 0.368 e. The number of pyridine rings is 1. The maximum Gasteiger partial charge on any atom is 0.419 e. The standard InChI is InChI=1S/C21H22F3N3/c1-2-27(19-8-4-6-17(14-25)20(19)21(22,23)24)18-7-3-5-16(13-18)15-9-11-26-12-10-15/h4,6,8-12,16,18H,2-3,5,7,13H2,1H3. The van der Waals surface area contributed by atoms with Crippen LogP contribution in [0.25, 0.3) is 0 Å². The van der Waals surface area contributed by atoms with E-state index in [1.807, 2.05) is 24.0 Å². The van der Waals surface area contributed by atoms with Crippen molar-refractivity contribution in [3.05, 3.63) is 59.4 Å². The van der Waals surface area contributed by atoms with Crippen molar-refractivity contribution in [3.8, 4) is 6.07 Å². The van der Waals surface area contributed by atoms with Gasteiger partial charge in [-0.15, -0.1) is 0 Å². The van der Waals surface area contributed by atoms with Crippen LogP contribution in [0.1, 0.15) is 55.2 Å². The van der Waals surface area contributed by atoms with Gasteiger partial charge in [-0.1, -0.05) is 12.5 Å². The quantitative estimate of drug-likeness (QED) is 0.708. The number of aromatic nitrogens is 1. The molecule has 2 aromatic rings. The molecule has 6 heteroatoms. The van der Waals surface area contributed by atoms with Gasteiger partial charge in [-0.3, -0.25) is 4.98 Å². The fraction of sp³-hybridized carbons (Fsp3) is 0.429. The Morgan fingerprint density at radius 2 is 1.93 bits per heavy atom. The molecule has 27 heavy (non-hydrogen) atoms. The summed E-state index contributed by atoms with van der Waals surface area (Å²) in [6, 6.07) is 9.95. The first-order chi connectivity index (χ1) is 13.0. The van der Waals surface area contributed by atoms with E-state index in [4.69, 9.17) is 0 Å². The molecule has 0 spiro atoms. The van der Waals surface area contributed by atoms with Crippen LogP contribution in [0.3, 0.4) is 0 Å². The highest BCUT2D eigenvalue weighted by atomic mass is 19.4. The van der Waals surface area contributed by atoms with Crippen LogP contribution in [0.2, 0.25) is 0 Å². The Bertz CT molecular complexity index is 812. The zero-order valence-corrected chi connectivity index (χ0v) is 15.2. The molecule has 0 saturated heterocycles. The summed E-state index contributed by atoms with van der Waals surface area (Å²) in [5, 5.41) is 9.19. The van der Waals surface area contributed by atoms with Crippen LogP contribution in [0.4, 0.5) is 18.9 Å². The maximum atomic E-state index is 13.7. The minimum absolute atomic E-state index is 0.0111. The van der Waals surface area contributed by atoms with Crippen molar-refractivity contribution in [3.63, 3.8) is 0 Å². The van der Waals surface area contributed by atoms with E-state index in [1.165, 1.54) is 23.8 Å². The number of nitriles is 1. The fourth-order valence-electron chi connectivity index (χ4n) is 4.18. The van der Waals surface area contributed by atoms with Gasteiger partial charge in [-0.2, -0.15) is 18.4 Å². The van der Waals surface area contributed by atoms with E-state index in [0.29, 0.717) is 12.5 Å². The van der Waals surface area contributed by atoms with Gasteiger partial charge >= 0.3 is 6.18 Å². The van der Waals surface area contributed by atoms with E-state index in [-0.39, 0.29) is 17.3 Å². The molecule has 1 aliphatic rings. The van der Waals surface area contributed by atoms with Gasteiger partial charge in [0, 0.05) is 25.0 Å². The minimum Gasteiger partial charge on any atom is -0.368 e. The van der Waals surface area contributed by atoms with Crippen molar-refractivity contribution in [1.82, 2.24) is 4.98 Å². The van der Waals surface area contributed by atoms with E-state index >= 15 is 0 Å². The number of rotatable bonds is 4. The van der Waals surface area contributed by atoms with Crippen LogP contribution in [0, 0.1) is 11.3 Å². The van der Waals surface area contributed by atoms with Gasteiger partial charge in [0.15, 0.2) is 0 Å². The monoisotopic (exact) mass is 373 g/mol. The van der Waals surface area contributed by atoms with Crippen molar-refractivity contribution in [2.75, 3.05) is 11.4 Å². The molecule has 1 aromatic heterocycles. The highest BCUT2D eigenvalue weighted by Crippen LogP contribution is 2.42. The third-order valence-corrected chi connectivity index (χ3v) is 5.36. The topological polar surface area (TPSA) is 39.9 Å².